The molecular weight excluding hydrogens is 421 g/mol. The Labute approximate surface area is 171 Å². The van der Waals surface area contributed by atoms with Crippen molar-refractivity contribution in [3.63, 3.8) is 0 Å². The van der Waals surface area contributed by atoms with Crippen molar-refractivity contribution < 1.29 is 26.3 Å². The maximum atomic E-state index is 14.1. The maximum Gasteiger partial charge on any atom is 0.256 e. The van der Waals surface area contributed by atoms with Crippen LogP contribution in [-0.4, -0.2) is 46.4 Å². The molecule has 0 spiro atoms. The smallest absolute Gasteiger partial charge is 0.256 e. The van der Waals surface area contributed by atoms with Gasteiger partial charge in [0, 0.05) is 48.6 Å². The molecule has 2 aliphatic heterocycles. The van der Waals surface area contributed by atoms with E-state index in [-0.39, 0.29) is 23.5 Å². The van der Waals surface area contributed by atoms with Gasteiger partial charge in [-0.25, -0.2) is 21.6 Å². The number of nitrogens with two attached hydrogens (primary N) is 1. The molecule has 0 amide bonds. The topological polar surface area (TPSA) is 90.5 Å². The van der Waals surface area contributed by atoms with Crippen LogP contribution >= 0.6 is 0 Å². The van der Waals surface area contributed by atoms with Crippen LogP contribution in [0.4, 0.5) is 13.2 Å². The van der Waals surface area contributed by atoms with Gasteiger partial charge in [-0.2, -0.15) is 9.19 Å². The number of benzene rings is 1. The van der Waals surface area contributed by atoms with E-state index in [1.54, 1.807) is 6.20 Å². The summed E-state index contributed by atoms with van der Waals surface area (Å²) in [5.41, 5.74) is 7.66. The number of halogens is 3. The van der Waals surface area contributed by atoms with Crippen LogP contribution < -0.4 is 5.73 Å². The molecule has 1 aliphatic carbocycles. The summed E-state index contributed by atoms with van der Waals surface area (Å²) >= 11 is 0. The molecule has 3 aliphatic rings. The molecule has 1 saturated heterocycles. The highest BCUT2D eigenvalue weighted by Gasteiger charge is 2.40. The second-order valence-corrected chi connectivity index (χ2v) is 10.3. The number of hydrogen-bond acceptors (Lipinski definition) is 6. The molecular formula is C19H21F3N4O3S. The summed E-state index contributed by atoms with van der Waals surface area (Å²) in [5, 5.41) is 3.94. The monoisotopic (exact) mass is 442 g/mol. The number of nitrogens with zero attached hydrogens (tertiary/aromatic N) is 3. The molecule has 0 bridgehead atoms. The minimum Gasteiger partial charge on any atom is -0.370 e. The average molecular weight is 442 g/mol. The van der Waals surface area contributed by atoms with Gasteiger partial charge in [0.2, 0.25) is 0 Å². The highest BCUT2D eigenvalue weighted by Crippen LogP contribution is 2.35. The Bertz CT molecular complexity index is 1080. The summed E-state index contributed by atoms with van der Waals surface area (Å²) in [6.07, 6.45) is 2.53. The maximum absolute atomic E-state index is 14.1. The molecule has 0 radical (unpaired) electrons. The predicted octanol–water partition coefficient (Wildman–Crippen LogP) is 1.81. The summed E-state index contributed by atoms with van der Waals surface area (Å²) < 4.78 is 72.4. The molecule has 3 atom stereocenters. The minimum absolute atomic E-state index is 0.0766. The molecule has 11 heteroatoms. The van der Waals surface area contributed by atoms with Crippen LogP contribution in [0.3, 0.4) is 0 Å². The lowest BCUT2D eigenvalue weighted by atomic mass is 9.93. The Morgan fingerprint density at radius 3 is 2.50 bits per heavy atom. The summed E-state index contributed by atoms with van der Waals surface area (Å²) in [6, 6.07) is 0.614. The number of hydrogen-bond donors (Lipinski definition) is 1. The number of aromatic nitrogens is 2. The molecule has 1 aromatic carbocycles. The number of fused-ring (bicyclic) bond motifs is 1. The van der Waals surface area contributed by atoms with Crippen molar-refractivity contribution in [1.29, 1.82) is 0 Å². The molecule has 1 aromatic heterocycles. The Morgan fingerprint density at radius 1 is 1.10 bits per heavy atom. The normalized spacial score (nSPS) is 27.4. The molecule has 1 unspecified atom stereocenters. The fourth-order valence-corrected chi connectivity index (χ4v) is 5.76. The largest absolute Gasteiger partial charge is 0.370 e. The van der Waals surface area contributed by atoms with Gasteiger partial charge in [0.25, 0.3) is 10.0 Å². The first kappa shape index (κ1) is 20.0. The molecule has 30 heavy (non-hydrogen) atoms. The lowest BCUT2D eigenvalue weighted by Crippen LogP contribution is -2.47. The number of rotatable bonds is 4. The zero-order valence-electron chi connectivity index (χ0n) is 16.0. The third-order valence-electron chi connectivity index (χ3n) is 6.05. The third kappa shape index (κ3) is 3.33. The Morgan fingerprint density at radius 2 is 1.83 bits per heavy atom. The van der Waals surface area contributed by atoms with E-state index in [1.165, 1.54) is 0 Å². The molecule has 162 valence electrons. The van der Waals surface area contributed by atoms with Crippen molar-refractivity contribution in [2.24, 2.45) is 5.73 Å². The van der Waals surface area contributed by atoms with Crippen LogP contribution in [0.5, 0.6) is 0 Å². The van der Waals surface area contributed by atoms with Crippen molar-refractivity contribution in [3.8, 4) is 0 Å². The summed E-state index contributed by atoms with van der Waals surface area (Å²) in [4.78, 5) is 2.09. The van der Waals surface area contributed by atoms with E-state index in [1.807, 2.05) is 0 Å². The quantitative estimate of drug-likeness (QED) is 0.727. The van der Waals surface area contributed by atoms with Crippen molar-refractivity contribution in [3.05, 3.63) is 52.6 Å². The second kappa shape index (κ2) is 7.04. The van der Waals surface area contributed by atoms with Crippen LogP contribution in [0.25, 0.3) is 0 Å². The van der Waals surface area contributed by atoms with Gasteiger partial charge in [-0.3, -0.25) is 4.90 Å². The zero-order valence-corrected chi connectivity index (χ0v) is 16.8. The molecule has 2 fully saturated rings. The summed E-state index contributed by atoms with van der Waals surface area (Å²) in [6.45, 7) is 1.22. The zero-order chi connectivity index (χ0) is 21.2. The molecule has 2 N–H and O–H groups in total. The van der Waals surface area contributed by atoms with Crippen LogP contribution in [-0.2, 0) is 27.8 Å². The molecule has 7 nitrogen and oxygen atoms in total. The summed E-state index contributed by atoms with van der Waals surface area (Å²) in [5.74, 6) is -3.29. The van der Waals surface area contributed by atoms with Gasteiger partial charge < -0.3 is 10.5 Å². The third-order valence-corrected chi connectivity index (χ3v) is 8.08. The number of ether oxygens (including phenoxy) is 1. The van der Waals surface area contributed by atoms with Gasteiger partial charge in [-0.15, -0.1) is 0 Å². The van der Waals surface area contributed by atoms with Crippen LogP contribution in [0, 0.1) is 17.5 Å². The van der Waals surface area contributed by atoms with E-state index in [4.69, 9.17) is 10.5 Å². The lowest BCUT2D eigenvalue weighted by Gasteiger charge is -2.38. The Balaban J connectivity index is 1.26. The molecule has 3 heterocycles. The first-order chi connectivity index (χ1) is 14.2. The van der Waals surface area contributed by atoms with Gasteiger partial charge in [-0.05, 0) is 25.3 Å². The Hall–Kier alpha value is -1.95. The fraction of sp³-hybridized carbons (Fsp3) is 0.526. The van der Waals surface area contributed by atoms with Crippen molar-refractivity contribution >= 4 is 10.0 Å². The van der Waals surface area contributed by atoms with Gasteiger partial charge >= 0.3 is 0 Å². The van der Waals surface area contributed by atoms with Gasteiger partial charge in [0.15, 0.2) is 11.6 Å². The molecule has 1 saturated carbocycles. The molecule has 2 aromatic rings. The van der Waals surface area contributed by atoms with E-state index in [9.17, 15) is 21.6 Å². The first-order valence-electron chi connectivity index (χ1n) is 9.81. The van der Waals surface area contributed by atoms with Crippen LogP contribution in [0.1, 0.15) is 42.2 Å². The van der Waals surface area contributed by atoms with Crippen molar-refractivity contribution in [2.75, 3.05) is 6.61 Å². The van der Waals surface area contributed by atoms with E-state index in [0.717, 1.165) is 15.7 Å². The van der Waals surface area contributed by atoms with Crippen LogP contribution in [0.15, 0.2) is 18.3 Å². The van der Waals surface area contributed by atoms with E-state index in [2.05, 4.69) is 10.00 Å². The van der Waals surface area contributed by atoms with Gasteiger partial charge in [0.05, 0.1) is 17.6 Å². The van der Waals surface area contributed by atoms with Crippen LogP contribution in [0.2, 0.25) is 0 Å². The van der Waals surface area contributed by atoms with E-state index in [0.29, 0.717) is 44.1 Å². The Kier molecular flexibility index (Phi) is 4.69. The lowest BCUT2D eigenvalue weighted by molar-refractivity contribution is -0.0533. The highest BCUT2D eigenvalue weighted by atomic mass is 32.2. The highest BCUT2D eigenvalue weighted by molar-refractivity contribution is 7.90. The van der Waals surface area contributed by atoms with Crippen molar-refractivity contribution in [1.82, 2.24) is 14.1 Å². The fourth-order valence-electron chi connectivity index (χ4n) is 4.23. The summed E-state index contributed by atoms with van der Waals surface area (Å²) in [7, 11) is -3.39. The van der Waals surface area contributed by atoms with Gasteiger partial charge in [-0.1, -0.05) is 0 Å². The van der Waals surface area contributed by atoms with E-state index < -0.39 is 39.6 Å². The van der Waals surface area contributed by atoms with Crippen molar-refractivity contribution in [2.45, 2.75) is 55.8 Å². The predicted molar refractivity (Wildman–Crippen MR) is 100 cm³/mol. The molecule has 5 rings (SSSR count). The second-order valence-electron chi connectivity index (χ2n) is 8.22. The standard InChI is InChI=1S/C19H21F3N4O3S/c20-14-5-16(22)15(21)4-13(14)19-17(23)3-11(9-29-19)25-6-10-7-26(24-18(10)8-25)30(27,28)12-1-2-12/h4-5,7,11-12,17,19H,1-3,6,8-9,23H2/t11?,17-,19+/m0/s1. The van der Waals surface area contributed by atoms with Gasteiger partial charge in [0.1, 0.15) is 11.9 Å². The average Bonchev–Trinajstić information content (AvgIpc) is 3.36. The first-order valence-corrected chi connectivity index (χ1v) is 11.3. The van der Waals surface area contributed by atoms with E-state index >= 15 is 0 Å². The minimum atomic E-state index is -3.39. The SMILES string of the molecule is N[C@H]1CC(N2Cc3cn(S(=O)(=O)C4CC4)nc3C2)CO[C@@H]1c1cc(F)c(F)cc1F.